The first-order chi connectivity index (χ1) is 8.49. The highest BCUT2D eigenvalue weighted by Gasteiger charge is 2.26. The smallest absolute Gasteiger partial charge is 0.242 e. The molecule has 0 radical (unpaired) electrons. The van der Waals surface area contributed by atoms with Crippen LogP contribution in [-0.4, -0.2) is 37.4 Å². The standard InChI is InChI=1S/C13H15BrN2O2/c1-15(2)13(18)8-16-11-7-10(14)5-3-9(11)4-6-12(16)17/h3,5,7H,4,6,8H2,1-2H3. The number of carbonyl (C=O) groups excluding carboxylic acids is 2. The second kappa shape index (κ2) is 5.10. The summed E-state index contributed by atoms with van der Waals surface area (Å²) in [7, 11) is 3.39. The van der Waals surface area contributed by atoms with Gasteiger partial charge in [-0.2, -0.15) is 0 Å². The van der Waals surface area contributed by atoms with Gasteiger partial charge in [-0.25, -0.2) is 0 Å². The first-order valence-corrected chi connectivity index (χ1v) is 6.57. The number of nitrogens with zero attached hydrogens (tertiary/aromatic N) is 2. The second-order valence-corrected chi connectivity index (χ2v) is 5.46. The van der Waals surface area contributed by atoms with Crippen molar-refractivity contribution in [3.05, 3.63) is 28.2 Å². The zero-order valence-electron chi connectivity index (χ0n) is 10.4. The van der Waals surface area contributed by atoms with Crippen LogP contribution >= 0.6 is 15.9 Å². The summed E-state index contributed by atoms with van der Waals surface area (Å²) in [5.41, 5.74) is 1.96. The molecule has 1 aliphatic rings. The van der Waals surface area contributed by atoms with Crippen LogP contribution in [0.4, 0.5) is 5.69 Å². The number of amides is 2. The Labute approximate surface area is 115 Å². The fraction of sp³-hybridized carbons (Fsp3) is 0.385. The highest BCUT2D eigenvalue weighted by atomic mass is 79.9. The lowest BCUT2D eigenvalue weighted by molar-refractivity contribution is -0.129. The summed E-state index contributed by atoms with van der Waals surface area (Å²) >= 11 is 3.40. The van der Waals surface area contributed by atoms with Crippen LogP contribution in [-0.2, 0) is 16.0 Å². The van der Waals surface area contributed by atoms with Crippen molar-refractivity contribution in [2.75, 3.05) is 25.5 Å². The van der Waals surface area contributed by atoms with Crippen LogP contribution in [0.3, 0.4) is 0 Å². The molecule has 96 valence electrons. The minimum Gasteiger partial charge on any atom is -0.347 e. The van der Waals surface area contributed by atoms with Gasteiger partial charge in [-0.15, -0.1) is 0 Å². The zero-order valence-corrected chi connectivity index (χ0v) is 12.0. The van der Waals surface area contributed by atoms with Crippen molar-refractivity contribution in [1.82, 2.24) is 4.90 Å². The number of carbonyl (C=O) groups is 2. The van der Waals surface area contributed by atoms with Crippen LogP contribution in [0.25, 0.3) is 0 Å². The molecule has 0 spiro atoms. The summed E-state index contributed by atoms with van der Waals surface area (Å²) in [5, 5.41) is 0. The summed E-state index contributed by atoms with van der Waals surface area (Å²) in [6.07, 6.45) is 1.21. The Bertz CT molecular complexity index is 500. The van der Waals surface area contributed by atoms with Gasteiger partial charge in [0.2, 0.25) is 11.8 Å². The lowest BCUT2D eigenvalue weighted by Gasteiger charge is -2.30. The second-order valence-electron chi connectivity index (χ2n) is 4.54. The molecule has 2 amide bonds. The Morgan fingerprint density at radius 1 is 1.39 bits per heavy atom. The summed E-state index contributed by atoms with van der Waals surface area (Å²) in [6, 6.07) is 5.86. The third-order valence-electron chi connectivity index (χ3n) is 3.04. The van der Waals surface area contributed by atoms with Gasteiger partial charge in [0.25, 0.3) is 0 Å². The van der Waals surface area contributed by atoms with Gasteiger partial charge in [0.1, 0.15) is 6.54 Å². The fourth-order valence-corrected chi connectivity index (χ4v) is 2.31. The summed E-state index contributed by atoms with van der Waals surface area (Å²) in [6.45, 7) is 0.106. The summed E-state index contributed by atoms with van der Waals surface area (Å²) in [5.74, 6) is -0.0630. The average molecular weight is 311 g/mol. The number of hydrogen-bond acceptors (Lipinski definition) is 2. The zero-order chi connectivity index (χ0) is 13.3. The van der Waals surface area contributed by atoms with E-state index < -0.39 is 0 Å². The molecule has 1 aliphatic heterocycles. The van der Waals surface area contributed by atoms with Gasteiger partial charge in [-0.3, -0.25) is 9.59 Å². The molecule has 0 atom stereocenters. The van der Waals surface area contributed by atoms with Gasteiger partial charge in [-0.05, 0) is 24.1 Å². The van der Waals surface area contributed by atoms with E-state index in [1.165, 1.54) is 4.90 Å². The molecule has 0 bridgehead atoms. The van der Waals surface area contributed by atoms with Crippen molar-refractivity contribution >= 4 is 33.4 Å². The van der Waals surface area contributed by atoms with E-state index in [1.54, 1.807) is 19.0 Å². The number of hydrogen-bond donors (Lipinski definition) is 0. The Morgan fingerprint density at radius 3 is 2.78 bits per heavy atom. The number of rotatable bonds is 2. The summed E-state index contributed by atoms with van der Waals surface area (Å²) in [4.78, 5) is 26.8. The minimum atomic E-state index is -0.0730. The number of benzene rings is 1. The first-order valence-electron chi connectivity index (χ1n) is 5.78. The molecule has 1 heterocycles. The van der Waals surface area contributed by atoms with Crippen LogP contribution in [0, 0.1) is 0 Å². The minimum absolute atomic E-state index is 0.0100. The molecule has 5 heteroatoms. The topological polar surface area (TPSA) is 40.6 Å². The Balaban J connectivity index is 2.33. The van der Waals surface area contributed by atoms with Crippen LogP contribution in [0.2, 0.25) is 0 Å². The lowest BCUT2D eigenvalue weighted by atomic mass is 10.0. The van der Waals surface area contributed by atoms with Gasteiger partial charge < -0.3 is 9.80 Å². The number of likely N-dealkylation sites (N-methyl/N-ethyl adjacent to an activating group) is 1. The Kier molecular flexibility index (Phi) is 3.71. The predicted octanol–water partition coefficient (Wildman–Crippen LogP) is 1.82. The molecule has 0 unspecified atom stereocenters. The molecule has 0 N–H and O–H groups in total. The van der Waals surface area contributed by atoms with Gasteiger partial charge in [0.05, 0.1) is 0 Å². The molecule has 1 aromatic carbocycles. The third kappa shape index (κ3) is 2.56. The number of fused-ring (bicyclic) bond motifs is 1. The molecule has 0 saturated heterocycles. The van der Waals surface area contributed by atoms with Gasteiger partial charge in [-0.1, -0.05) is 22.0 Å². The Hall–Kier alpha value is -1.36. The molecule has 1 aromatic rings. The monoisotopic (exact) mass is 310 g/mol. The molecule has 0 aromatic heterocycles. The van der Waals surface area contributed by atoms with Crippen molar-refractivity contribution < 1.29 is 9.59 Å². The van der Waals surface area contributed by atoms with E-state index in [4.69, 9.17) is 0 Å². The molecule has 0 fully saturated rings. The molecular formula is C13H15BrN2O2. The van der Waals surface area contributed by atoms with E-state index >= 15 is 0 Å². The van der Waals surface area contributed by atoms with E-state index in [9.17, 15) is 9.59 Å². The van der Waals surface area contributed by atoms with E-state index in [2.05, 4.69) is 15.9 Å². The molecule has 4 nitrogen and oxygen atoms in total. The van der Waals surface area contributed by atoms with Crippen LogP contribution < -0.4 is 4.90 Å². The largest absolute Gasteiger partial charge is 0.347 e. The van der Waals surface area contributed by atoms with Crippen molar-refractivity contribution in [3.63, 3.8) is 0 Å². The highest BCUT2D eigenvalue weighted by molar-refractivity contribution is 9.10. The first kappa shape index (κ1) is 13.1. The van der Waals surface area contributed by atoms with Crippen LogP contribution in [0.5, 0.6) is 0 Å². The maximum absolute atomic E-state index is 12.0. The molecular weight excluding hydrogens is 296 g/mol. The van der Waals surface area contributed by atoms with Gasteiger partial charge in [0.15, 0.2) is 0 Å². The van der Waals surface area contributed by atoms with E-state index in [0.29, 0.717) is 6.42 Å². The molecule has 0 saturated carbocycles. The van der Waals surface area contributed by atoms with Crippen molar-refractivity contribution in [3.8, 4) is 0 Å². The van der Waals surface area contributed by atoms with E-state index in [1.807, 2.05) is 18.2 Å². The average Bonchev–Trinajstić information content (AvgIpc) is 2.32. The normalized spacial score (nSPS) is 14.4. The molecule has 2 rings (SSSR count). The predicted molar refractivity (Wildman–Crippen MR) is 73.5 cm³/mol. The van der Waals surface area contributed by atoms with Crippen molar-refractivity contribution in [2.45, 2.75) is 12.8 Å². The molecule has 0 aliphatic carbocycles. The van der Waals surface area contributed by atoms with Crippen LogP contribution in [0.1, 0.15) is 12.0 Å². The van der Waals surface area contributed by atoms with Gasteiger partial charge in [0, 0.05) is 30.7 Å². The number of anilines is 1. The quantitative estimate of drug-likeness (QED) is 0.836. The van der Waals surface area contributed by atoms with E-state index in [-0.39, 0.29) is 18.4 Å². The van der Waals surface area contributed by atoms with Crippen molar-refractivity contribution in [1.29, 1.82) is 0 Å². The number of aryl methyl sites for hydroxylation is 1. The fourth-order valence-electron chi connectivity index (χ4n) is 1.96. The Morgan fingerprint density at radius 2 is 2.11 bits per heavy atom. The van der Waals surface area contributed by atoms with Gasteiger partial charge >= 0.3 is 0 Å². The van der Waals surface area contributed by atoms with E-state index in [0.717, 1.165) is 22.1 Å². The lowest BCUT2D eigenvalue weighted by Crippen LogP contribution is -2.42. The highest BCUT2D eigenvalue weighted by Crippen LogP contribution is 2.30. The number of halogens is 1. The van der Waals surface area contributed by atoms with Crippen molar-refractivity contribution in [2.24, 2.45) is 0 Å². The maximum Gasteiger partial charge on any atom is 0.242 e. The molecule has 18 heavy (non-hydrogen) atoms. The summed E-state index contributed by atoms with van der Waals surface area (Å²) < 4.78 is 0.915. The third-order valence-corrected chi connectivity index (χ3v) is 3.53. The van der Waals surface area contributed by atoms with Crippen LogP contribution in [0.15, 0.2) is 22.7 Å². The SMILES string of the molecule is CN(C)C(=O)CN1C(=O)CCc2ccc(Br)cc21. The maximum atomic E-state index is 12.0.